The van der Waals surface area contributed by atoms with E-state index in [1.807, 2.05) is 23.1 Å². The van der Waals surface area contributed by atoms with Crippen molar-refractivity contribution in [3.05, 3.63) is 65.7 Å². The van der Waals surface area contributed by atoms with E-state index in [1.165, 1.54) is 5.56 Å². The molecule has 1 aliphatic rings. The van der Waals surface area contributed by atoms with Gasteiger partial charge in [0.2, 0.25) is 0 Å². The highest BCUT2D eigenvalue weighted by Gasteiger charge is 2.27. The van der Waals surface area contributed by atoms with Crippen molar-refractivity contribution in [1.29, 1.82) is 0 Å². The van der Waals surface area contributed by atoms with Crippen LogP contribution in [-0.2, 0) is 0 Å². The third kappa shape index (κ3) is 3.56. The van der Waals surface area contributed by atoms with Crippen LogP contribution >= 0.6 is 0 Å². The Bertz CT molecular complexity index is 730. The molecule has 1 heterocycles. The van der Waals surface area contributed by atoms with Crippen molar-refractivity contribution in [2.24, 2.45) is 0 Å². The Morgan fingerprint density at radius 3 is 2.62 bits per heavy atom. The van der Waals surface area contributed by atoms with Crippen LogP contribution in [0.15, 0.2) is 54.6 Å². The molecule has 1 unspecified atom stereocenters. The van der Waals surface area contributed by atoms with Gasteiger partial charge in [-0.25, -0.2) is 4.79 Å². The second-order valence-electron chi connectivity index (χ2n) is 5.93. The maximum absolute atomic E-state index is 12.5. The molecule has 3 amide bonds. The lowest BCUT2D eigenvalue weighted by molar-refractivity contribution is 0.0963. The van der Waals surface area contributed by atoms with Gasteiger partial charge in [-0.3, -0.25) is 4.79 Å². The summed E-state index contributed by atoms with van der Waals surface area (Å²) in [5, 5.41) is 5.46. The van der Waals surface area contributed by atoms with Gasteiger partial charge in [0, 0.05) is 37.3 Å². The number of rotatable bonds is 3. The first-order valence-electron chi connectivity index (χ1n) is 8.10. The highest BCUT2D eigenvalue weighted by molar-refractivity contribution is 5.96. The third-order valence-electron chi connectivity index (χ3n) is 4.35. The van der Waals surface area contributed by atoms with E-state index in [0.717, 1.165) is 13.0 Å². The Morgan fingerprint density at radius 1 is 1.08 bits per heavy atom. The number of hydrogen-bond donors (Lipinski definition) is 2. The van der Waals surface area contributed by atoms with Gasteiger partial charge in [-0.05, 0) is 30.2 Å². The first kappa shape index (κ1) is 16.1. The normalized spacial score (nSPS) is 16.7. The van der Waals surface area contributed by atoms with Gasteiger partial charge in [-0.15, -0.1) is 0 Å². The highest BCUT2D eigenvalue weighted by atomic mass is 16.2. The van der Waals surface area contributed by atoms with Crippen molar-refractivity contribution in [1.82, 2.24) is 10.2 Å². The van der Waals surface area contributed by atoms with Crippen LogP contribution in [0.5, 0.6) is 0 Å². The zero-order valence-corrected chi connectivity index (χ0v) is 13.7. The van der Waals surface area contributed by atoms with E-state index in [-0.39, 0.29) is 11.9 Å². The summed E-state index contributed by atoms with van der Waals surface area (Å²) in [5.74, 6) is 0.213. The van der Waals surface area contributed by atoms with Crippen LogP contribution < -0.4 is 10.6 Å². The molecule has 2 N–H and O–H groups in total. The van der Waals surface area contributed by atoms with E-state index < -0.39 is 0 Å². The molecule has 0 bridgehead atoms. The van der Waals surface area contributed by atoms with Crippen molar-refractivity contribution in [2.75, 3.05) is 25.5 Å². The lowest BCUT2D eigenvalue weighted by Gasteiger charge is -2.18. The Morgan fingerprint density at radius 2 is 1.88 bits per heavy atom. The Kier molecular flexibility index (Phi) is 4.79. The lowest BCUT2D eigenvalue weighted by Crippen LogP contribution is -2.32. The van der Waals surface area contributed by atoms with Crippen LogP contribution in [0.25, 0.3) is 0 Å². The van der Waals surface area contributed by atoms with E-state index in [4.69, 9.17) is 0 Å². The van der Waals surface area contributed by atoms with Gasteiger partial charge in [-0.2, -0.15) is 0 Å². The molecule has 5 heteroatoms. The molecular formula is C19H21N3O2. The van der Waals surface area contributed by atoms with Crippen molar-refractivity contribution < 1.29 is 9.59 Å². The number of likely N-dealkylation sites (tertiary alicyclic amines) is 1. The number of carbonyl (C=O) groups excluding carboxylic acids is 2. The zero-order chi connectivity index (χ0) is 16.9. The van der Waals surface area contributed by atoms with Gasteiger partial charge in [0.1, 0.15) is 0 Å². The van der Waals surface area contributed by atoms with Gasteiger partial charge in [0.25, 0.3) is 5.91 Å². The molecule has 2 aromatic rings. The minimum absolute atomic E-state index is 0.123. The summed E-state index contributed by atoms with van der Waals surface area (Å²) in [6, 6.07) is 17.1. The Balaban J connectivity index is 1.63. The van der Waals surface area contributed by atoms with Crippen LogP contribution in [-0.4, -0.2) is 37.0 Å². The van der Waals surface area contributed by atoms with Crippen molar-refractivity contribution in [2.45, 2.75) is 12.3 Å². The molecule has 1 saturated heterocycles. The largest absolute Gasteiger partial charge is 0.355 e. The summed E-state index contributed by atoms with van der Waals surface area (Å²) < 4.78 is 0. The predicted octanol–water partition coefficient (Wildman–Crippen LogP) is 3.07. The zero-order valence-electron chi connectivity index (χ0n) is 13.7. The average Bonchev–Trinajstić information content (AvgIpc) is 3.12. The minimum Gasteiger partial charge on any atom is -0.355 e. The minimum atomic E-state index is -0.170. The molecule has 124 valence electrons. The maximum Gasteiger partial charge on any atom is 0.321 e. The van der Waals surface area contributed by atoms with Crippen molar-refractivity contribution >= 4 is 17.6 Å². The maximum atomic E-state index is 12.5. The standard InChI is InChI=1S/C19H21N3O2/c1-20-18(23)15-8-5-9-17(12-15)21-19(24)22-11-10-16(13-22)14-6-3-2-4-7-14/h2-9,12,16H,10-11,13H2,1H3,(H,20,23)(H,21,24). The summed E-state index contributed by atoms with van der Waals surface area (Å²) in [7, 11) is 1.58. The number of benzene rings is 2. The van der Waals surface area contributed by atoms with Crippen molar-refractivity contribution in [3.8, 4) is 0 Å². The fraction of sp³-hybridized carbons (Fsp3) is 0.263. The van der Waals surface area contributed by atoms with E-state index in [2.05, 4.69) is 22.8 Å². The number of hydrogen-bond acceptors (Lipinski definition) is 2. The molecule has 0 radical (unpaired) electrons. The van der Waals surface area contributed by atoms with E-state index in [1.54, 1.807) is 31.3 Å². The molecular weight excluding hydrogens is 302 g/mol. The predicted molar refractivity (Wildman–Crippen MR) is 94.2 cm³/mol. The molecule has 0 aromatic heterocycles. The van der Waals surface area contributed by atoms with Crippen molar-refractivity contribution in [3.63, 3.8) is 0 Å². The SMILES string of the molecule is CNC(=O)c1cccc(NC(=O)N2CCC(c3ccccc3)C2)c1. The molecule has 0 spiro atoms. The highest BCUT2D eigenvalue weighted by Crippen LogP contribution is 2.27. The summed E-state index contributed by atoms with van der Waals surface area (Å²) >= 11 is 0. The smallest absolute Gasteiger partial charge is 0.321 e. The number of urea groups is 1. The summed E-state index contributed by atoms with van der Waals surface area (Å²) in [6.45, 7) is 1.45. The number of carbonyl (C=O) groups is 2. The van der Waals surface area contributed by atoms with E-state index >= 15 is 0 Å². The fourth-order valence-corrected chi connectivity index (χ4v) is 3.03. The molecule has 1 atom stereocenters. The van der Waals surface area contributed by atoms with Crippen LogP contribution in [0.4, 0.5) is 10.5 Å². The van der Waals surface area contributed by atoms with Crippen LogP contribution in [0, 0.1) is 0 Å². The van der Waals surface area contributed by atoms with E-state index in [9.17, 15) is 9.59 Å². The number of nitrogens with zero attached hydrogens (tertiary/aromatic N) is 1. The molecule has 1 aliphatic heterocycles. The molecule has 1 fully saturated rings. The Hall–Kier alpha value is -2.82. The van der Waals surface area contributed by atoms with Gasteiger partial charge >= 0.3 is 6.03 Å². The molecule has 0 aliphatic carbocycles. The molecule has 0 saturated carbocycles. The van der Waals surface area contributed by atoms with Gasteiger partial charge < -0.3 is 15.5 Å². The summed E-state index contributed by atoms with van der Waals surface area (Å²) in [4.78, 5) is 26.0. The number of amides is 3. The molecule has 24 heavy (non-hydrogen) atoms. The summed E-state index contributed by atoms with van der Waals surface area (Å²) in [6.07, 6.45) is 0.968. The van der Waals surface area contributed by atoms with Crippen LogP contribution in [0.2, 0.25) is 0 Å². The lowest BCUT2D eigenvalue weighted by atomic mass is 9.99. The quantitative estimate of drug-likeness (QED) is 0.912. The second kappa shape index (κ2) is 7.17. The molecule has 5 nitrogen and oxygen atoms in total. The van der Waals surface area contributed by atoms with Crippen LogP contribution in [0.3, 0.4) is 0 Å². The monoisotopic (exact) mass is 323 g/mol. The summed E-state index contributed by atoms with van der Waals surface area (Å²) in [5.41, 5.74) is 2.43. The van der Waals surface area contributed by atoms with E-state index in [0.29, 0.717) is 23.7 Å². The molecule has 2 aromatic carbocycles. The fourth-order valence-electron chi connectivity index (χ4n) is 3.03. The number of nitrogens with one attached hydrogen (secondary N) is 2. The Labute approximate surface area is 141 Å². The topological polar surface area (TPSA) is 61.4 Å². The third-order valence-corrected chi connectivity index (χ3v) is 4.35. The molecule has 3 rings (SSSR count). The average molecular weight is 323 g/mol. The van der Waals surface area contributed by atoms with Gasteiger partial charge in [0.05, 0.1) is 0 Å². The van der Waals surface area contributed by atoms with Crippen LogP contribution in [0.1, 0.15) is 28.3 Å². The first-order valence-corrected chi connectivity index (χ1v) is 8.10. The number of anilines is 1. The second-order valence-corrected chi connectivity index (χ2v) is 5.93. The van der Waals surface area contributed by atoms with Gasteiger partial charge in [-0.1, -0.05) is 36.4 Å². The first-order chi connectivity index (χ1) is 11.7. The van der Waals surface area contributed by atoms with Gasteiger partial charge in [0.15, 0.2) is 0 Å².